The van der Waals surface area contributed by atoms with Crippen molar-refractivity contribution in [1.29, 1.82) is 0 Å². The third-order valence-electron chi connectivity index (χ3n) is 4.10. The Morgan fingerprint density at radius 1 is 1.40 bits per heavy atom. The van der Waals surface area contributed by atoms with Gasteiger partial charge in [-0.05, 0) is 30.9 Å². The van der Waals surface area contributed by atoms with Gasteiger partial charge in [0.2, 0.25) is 5.91 Å². The number of carbonyl (C=O) groups excluding carboxylic acids is 1. The smallest absolute Gasteiger partial charge is 0.220 e. The van der Waals surface area contributed by atoms with Gasteiger partial charge in [0.1, 0.15) is 0 Å². The maximum Gasteiger partial charge on any atom is 0.220 e. The number of aryl methyl sites for hydroxylation is 1. The van der Waals surface area contributed by atoms with Gasteiger partial charge in [-0.25, -0.2) is 0 Å². The highest BCUT2D eigenvalue weighted by Crippen LogP contribution is 2.40. The number of ether oxygens (including phenoxy) is 1. The molecule has 1 aromatic rings. The van der Waals surface area contributed by atoms with E-state index in [4.69, 9.17) is 4.74 Å². The zero-order valence-corrected chi connectivity index (χ0v) is 13.5. The quantitative estimate of drug-likeness (QED) is 0.827. The Balaban J connectivity index is 1.74. The van der Waals surface area contributed by atoms with Gasteiger partial charge in [-0.15, -0.1) is 0 Å². The van der Waals surface area contributed by atoms with Crippen molar-refractivity contribution in [3.8, 4) is 0 Å². The normalized spacial score (nSPS) is 16.5. The molecule has 0 saturated heterocycles. The fourth-order valence-corrected chi connectivity index (χ4v) is 3.16. The summed E-state index contributed by atoms with van der Waals surface area (Å²) in [5.74, 6) is 0.128. The number of halogens is 1. The van der Waals surface area contributed by atoms with Gasteiger partial charge in [0.15, 0.2) is 0 Å². The van der Waals surface area contributed by atoms with Crippen LogP contribution in [0.3, 0.4) is 0 Å². The molecule has 1 amide bonds. The third kappa shape index (κ3) is 4.06. The van der Waals surface area contributed by atoms with Crippen LogP contribution in [0.4, 0.5) is 0 Å². The Kier molecular flexibility index (Phi) is 5.61. The first-order valence-electron chi connectivity index (χ1n) is 7.14. The molecule has 1 aliphatic rings. The van der Waals surface area contributed by atoms with Crippen LogP contribution in [0, 0.1) is 5.41 Å². The molecule has 0 unspecified atom stereocenters. The second-order valence-electron chi connectivity index (χ2n) is 5.65. The SMILES string of the molecule is COCC1(CNC(=O)CCc2ccccc2Br)CCC1. The summed E-state index contributed by atoms with van der Waals surface area (Å²) < 4.78 is 6.34. The minimum absolute atomic E-state index is 0.128. The van der Waals surface area contributed by atoms with Gasteiger partial charge in [-0.2, -0.15) is 0 Å². The molecule has 20 heavy (non-hydrogen) atoms. The lowest BCUT2D eigenvalue weighted by Crippen LogP contribution is -2.45. The summed E-state index contributed by atoms with van der Waals surface area (Å²) in [5.41, 5.74) is 1.37. The fourth-order valence-electron chi connectivity index (χ4n) is 2.68. The summed E-state index contributed by atoms with van der Waals surface area (Å²) in [6, 6.07) is 8.05. The van der Waals surface area contributed by atoms with Crippen LogP contribution in [0.15, 0.2) is 28.7 Å². The maximum atomic E-state index is 12.0. The van der Waals surface area contributed by atoms with Crippen LogP contribution in [0.1, 0.15) is 31.2 Å². The summed E-state index contributed by atoms with van der Waals surface area (Å²) >= 11 is 3.51. The van der Waals surface area contributed by atoms with Crippen molar-refractivity contribution in [1.82, 2.24) is 5.32 Å². The molecule has 1 aromatic carbocycles. The molecular formula is C16H22BrNO2. The van der Waals surface area contributed by atoms with E-state index in [1.165, 1.54) is 12.0 Å². The highest BCUT2D eigenvalue weighted by atomic mass is 79.9. The molecule has 1 saturated carbocycles. The Bertz CT molecular complexity index is 458. The summed E-state index contributed by atoms with van der Waals surface area (Å²) in [5, 5.41) is 3.07. The third-order valence-corrected chi connectivity index (χ3v) is 4.88. The van der Waals surface area contributed by atoms with Gasteiger partial charge < -0.3 is 10.1 Å². The van der Waals surface area contributed by atoms with Gasteiger partial charge >= 0.3 is 0 Å². The van der Waals surface area contributed by atoms with Gasteiger partial charge in [0.25, 0.3) is 0 Å². The number of nitrogens with one attached hydrogen (secondary N) is 1. The minimum atomic E-state index is 0.128. The molecule has 1 aliphatic carbocycles. The standard InChI is InChI=1S/C16H22BrNO2/c1-20-12-16(9-4-10-16)11-18-15(19)8-7-13-5-2-3-6-14(13)17/h2-3,5-6H,4,7-12H2,1H3,(H,18,19). The number of methoxy groups -OCH3 is 1. The molecule has 0 radical (unpaired) electrons. The molecule has 0 aliphatic heterocycles. The minimum Gasteiger partial charge on any atom is -0.384 e. The van der Waals surface area contributed by atoms with Crippen LogP contribution in [0.25, 0.3) is 0 Å². The Morgan fingerprint density at radius 2 is 2.15 bits per heavy atom. The van der Waals surface area contributed by atoms with Gasteiger partial charge in [-0.3, -0.25) is 4.79 Å². The van der Waals surface area contributed by atoms with Crippen LogP contribution in [-0.4, -0.2) is 26.2 Å². The van der Waals surface area contributed by atoms with Gasteiger partial charge in [-0.1, -0.05) is 40.5 Å². The van der Waals surface area contributed by atoms with E-state index >= 15 is 0 Å². The second-order valence-corrected chi connectivity index (χ2v) is 6.51. The predicted molar refractivity (Wildman–Crippen MR) is 83.6 cm³/mol. The first kappa shape index (κ1) is 15.5. The van der Waals surface area contributed by atoms with Crippen molar-refractivity contribution in [2.24, 2.45) is 5.41 Å². The fraction of sp³-hybridized carbons (Fsp3) is 0.562. The number of hydrogen-bond acceptors (Lipinski definition) is 2. The average molecular weight is 340 g/mol. The molecule has 0 aromatic heterocycles. The highest BCUT2D eigenvalue weighted by Gasteiger charge is 2.37. The zero-order chi connectivity index (χ0) is 14.4. The lowest BCUT2D eigenvalue weighted by Gasteiger charge is -2.41. The molecule has 4 heteroatoms. The van der Waals surface area contributed by atoms with E-state index in [1.54, 1.807) is 7.11 Å². The van der Waals surface area contributed by atoms with Crippen LogP contribution in [0.5, 0.6) is 0 Å². The number of hydrogen-bond donors (Lipinski definition) is 1. The van der Waals surface area contributed by atoms with Crippen molar-refractivity contribution in [2.45, 2.75) is 32.1 Å². The molecule has 2 rings (SSSR count). The van der Waals surface area contributed by atoms with Crippen molar-refractivity contribution in [3.63, 3.8) is 0 Å². The predicted octanol–water partition coefficient (Wildman–Crippen LogP) is 3.31. The summed E-state index contributed by atoms with van der Waals surface area (Å²) in [6.45, 7) is 1.49. The maximum absolute atomic E-state index is 12.0. The number of carbonyl (C=O) groups is 1. The molecule has 1 fully saturated rings. The number of rotatable bonds is 7. The van der Waals surface area contributed by atoms with E-state index < -0.39 is 0 Å². The lowest BCUT2D eigenvalue weighted by molar-refractivity contribution is -0.122. The van der Waals surface area contributed by atoms with E-state index in [2.05, 4.69) is 27.3 Å². The monoisotopic (exact) mass is 339 g/mol. The van der Waals surface area contributed by atoms with Crippen molar-refractivity contribution in [2.75, 3.05) is 20.3 Å². The molecule has 0 atom stereocenters. The van der Waals surface area contributed by atoms with Crippen molar-refractivity contribution < 1.29 is 9.53 Å². The first-order chi connectivity index (χ1) is 9.65. The Morgan fingerprint density at radius 3 is 2.75 bits per heavy atom. The van der Waals surface area contributed by atoms with Gasteiger partial charge in [0, 0.05) is 30.0 Å². The molecule has 0 bridgehead atoms. The highest BCUT2D eigenvalue weighted by molar-refractivity contribution is 9.10. The average Bonchev–Trinajstić information content (AvgIpc) is 2.40. The van der Waals surface area contributed by atoms with Crippen LogP contribution in [0.2, 0.25) is 0 Å². The Labute approximate surface area is 129 Å². The lowest BCUT2D eigenvalue weighted by atomic mass is 9.69. The summed E-state index contributed by atoms with van der Waals surface area (Å²) in [7, 11) is 1.73. The molecule has 0 heterocycles. The number of amides is 1. The number of benzene rings is 1. The van der Waals surface area contributed by atoms with E-state index in [9.17, 15) is 4.79 Å². The van der Waals surface area contributed by atoms with Crippen LogP contribution < -0.4 is 5.32 Å². The summed E-state index contributed by atoms with van der Waals surface area (Å²) in [4.78, 5) is 12.0. The first-order valence-corrected chi connectivity index (χ1v) is 7.94. The van der Waals surface area contributed by atoms with E-state index in [1.807, 2.05) is 18.2 Å². The van der Waals surface area contributed by atoms with E-state index in [0.717, 1.165) is 36.9 Å². The molecule has 0 spiro atoms. The van der Waals surface area contributed by atoms with Crippen LogP contribution >= 0.6 is 15.9 Å². The topological polar surface area (TPSA) is 38.3 Å². The van der Waals surface area contributed by atoms with E-state index in [-0.39, 0.29) is 11.3 Å². The van der Waals surface area contributed by atoms with Crippen LogP contribution in [-0.2, 0) is 16.0 Å². The molecule has 3 nitrogen and oxygen atoms in total. The Hall–Kier alpha value is -0.870. The van der Waals surface area contributed by atoms with E-state index in [0.29, 0.717) is 6.42 Å². The molecule has 1 N–H and O–H groups in total. The molecule has 110 valence electrons. The van der Waals surface area contributed by atoms with Crippen molar-refractivity contribution >= 4 is 21.8 Å². The van der Waals surface area contributed by atoms with Gasteiger partial charge in [0.05, 0.1) is 6.61 Å². The van der Waals surface area contributed by atoms with Crippen molar-refractivity contribution in [3.05, 3.63) is 34.3 Å². The summed E-state index contributed by atoms with van der Waals surface area (Å²) in [6.07, 6.45) is 4.86. The largest absolute Gasteiger partial charge is 0.384 e. The zero-order valence-electron chi connectivity index (χ0n) is 12.0. The second kappa shape index (κ2) is 7.23. The molecular weight excluding hydrogens is 318 g/mol.